The van der Waals surface area contributed by atoms with E-state index in [2.05, 4.69) is 31.0 Å². The fraction of sp³-hybridized carbons (Fsp3) is 0.200. The Hall–Kier alpha value is -1.61. The Balaban J connectivity index is 2.31. The summed E-state index contributed by atoms with van der Waals surface area (Å²) in [4.78, 5) is 0. The number of aromatic nitrogens is 3. The van der Waals surface area contributed by atoms with Crippen LogP contribution in [-0.2, 0) is 17.1 Å². The lowest BCUT2D eigenvalue weighted by atomic mass is 10.3. The van der Waals surface area contributed by atoms with Gasteiger partial charge in [-0.25, -0.2) is 4.68 Å². The van der Waals surface area contributed by atoms with Gasteiger partial charge >= 0.3 is 0 Å². The molecule has 0 bridgehead atoms. The average Bonchev–Trinajstić information content (AvgIpc) is 2.70. The van der Waals surface area contributed by atoms with Crippen LogP contribution in [0.3, 0.4) is 0 Å². The monoisotopic (exact) mass is 346 g/mol. The highest BCUT2D eigenvalue weighted by molar-refractivity contribution is 9.10. The van der Waals surface area contributed by atoms with Crippen molar-refractivity contribution in [2.24, 2.45) is 7.05 Å². The summed E-state index contributed by atoms with van der Waals surface area (Å²) in [5.41, 5.74) is 0.425. The number of anilines is 1. The molecular weight excluding hydrogens is 336 g/mol. The molecule has 0 amide bonds. The predicted molar refractivity (Wildman–Crippen MR) is 72.5 cm³/mol. The largest absolute Gasteiger partial charge is 0.497 e. The van der Waals surface area contributed by atoms with Crippen molar-refractivity contribution in [2.45, 2.75) is 5.03 Å². The van der Waals surface area contributed by atoms with Gasteiger partial charge in [0, 0.05) is 12.7 Å². The van der Waals surface area contributed by atoms with E-state index in [4.69, 9.17) is 4.74 Å². The van der Waals surface area contributed by atoms with Crippen LogP contribution >= 0.6 is 15.9 Å². The van der Waals surface area contributed by atoms with Crippen LogP contribution in [0.15, 0.2) is 33.9 Å². The van der Waals surface area contributed by atoms with Gasteiger partial charge in [-0.15, -0.1) is 5.10 Å². The highest BCUT2D eigenvalue weighted by Crippen LogP contribution is 2.22. The molecule has 0 saturated heterocycles. The van der Waals surface area contributed by atoms with Gasteiger partial charge in [0.15, 0.2) is 4.60 Å². The van der Waals surface area contributed by atoms with Crippen LogP contribution in [0.5, 0.6) is 5.75 Å². The van der Waals surface area contributed by atoms with Gasteiger partial charge in [0.2, 0.25) is 5.03 Å². The maximum absolute atomic E-state index is 12.2. The van der Waals surface area contributed by atoms with Gasteiger partial charge in [0.25, 0.3) is 10.0 Å². The fourth-order valence-corrected chi connectivity index (χ4v) is 3.63. The Bertz CT molecular complexity index is 662. The smallest absolute Gasteiger partial charge is 0.281 e. The summed E-state index contributed by atoms with van der Waals surface area (Å²) in [6.45, 7) is 0. The number of hydrogen-bond donors (Lipinski definition) is 1. The van der Waals surface area contributed by atoms with Gasteiger partial charge in [-0.2, -0.15) is 8.42 Å². The second-order valence-electron chi connectivity index (χ2n) is 3.64. The van der Waals surface area contributed by atoms with Crippen molar-refractivity contribution >= 4 is 31.6 Å². The predicted octanol–water partition coefficient (Wildman–Crippen LogP) is 1.39. The summed E-state index contributed by atoms with van der Waals surface area (Å²) in [5.74, 6) is 0.645. The minimum Gasteiger partial charge on any atom is -0.497 e. The van der Waals surface area contributed by atoms with E-state index >= 15 is 0 Å². The molecule has 0 unspecified atom stereocenters. The van der Waals surface area contributed by atoms with E-state index in [1.807, 2.05) is 0 Å². The number of hydrogen-bond acceptors (Lipinski definition) is 5. The summed E-state index contributed by atoms with van der Waals surface area (Å²) < 4.78 is 33.2. The van der Waals surface area contributed by atoms with Crippen molar-refractivity contribution < 1.29 is 13.2 Å². The normalized spacial score (nSPS) is 11.3. The first-order chi connectivity index (χ1) is 8.94. The molecule has 102 valence electrons. The van der Waals surface area contributed by atoms with Crippen LogP contribution in [0.2, 0.25) is 0 Å². The third kappa shape index (κ3) is 2.87. The Kier molecular flexibility index (Phi) is 3.76. The van der Waals surface area contributed by atoms with Crippen molar-refractivity contribution in [3.63, 3.8) is 0 Å². The van der Waals surface area contributed by atoms with Gasteiger partial charge in [0.05, 0.1) is 7.11 Å². The average molecular weight is 347 g/mol. The Morgan fingerprint density at radius 2 is 1.95 bits per heavy atom. The molecule has 1 heterocycles. The molecule has 19 heavy (non-hydrogen) atoms. The maximum Gasteiger partial charge on any atom is 0.281 e. The van der Waals surface area contributed by atoms with E-state index < -0.39 is 10.0 Å². The van der Waals surface area contributed by atoms with E-state index in [9.17, 15) is 8.42 Å². The fourth-order valence-electron chi connectivity index (χ4n) is 1.47. The van der Waals surface area contributed by atoms with Crippen LogP contribution in [0.25, 0.3) is 0 Å². The number of benzene rings is 1. The summed E-state index contributed by atoms with van der Waals surface area (Å²) >= 11 is 3.06. The summed E-state index contributed by atoms with van der Waals surface area (Å²) in [6.07, 6.45) is 0. The first-order valence-electron chi connectivity index (χ1n) is 5.16. The third-order valence-corrected chi connectivity index (χ3v) is 4.60. The molecule has 0 spiro atoms. The number of halogens is 1. The number of aryl methyl sites for hydroxylation is 1. The number of ether oxygens (including phenoxy) is 1. The quantitative estimate of drug-likeness (QED) is 0.903. The van der Waals surface area contributed by atoms with Gasteiger partial charge < -0.3 is 4.74 Å². The van der Waals surface area contributed by atoms with Crippen molar-refractivity contribution in [1.82, 2.24) is 15.0 Å². The minimum atomic E-state index is -3.75. The van der Waals surface area contributed by atoms with Crippen molar-refractivity contribution in [3.8, 4) is 5.75 Å². The van der Waals surface area contributed by atoms with Crippen LogP contribution in [0.1, 0.15) is 0 Å². The maximum atomic E-state index is 12.2. The summed E-state index contributed by atoms with van der Waals surface area (Å²) in [6, 6.07) is 6.53. The molecule has 7 nitrogen and oxygen atoms in total. The topological polar surface area (TPSA) is 86.1 Å². The molecule has 0 aliphatic carbocycles. The second kappa shape index (κ2) is 5.17. The first kappa shape index (κ1) is 13.8. The highest BCUT2D eigenvalue weighted by Gasteiger charge is 2.23. The molecule has 0 aliphatic rings. The van der Waals surface area contributed by atoms with Gasteiger partial charge in [-0.3, -0.25) is 4.72 Å². The highest BCUT2D eigenvalue weighted by atomic mass is 79.9. The lowest BCUT2D eigenvalue weighted by Crippen LogP contribution is -2.17. The Morgan fingerprint density at radius 1 is 1.32 bits per heavy atom. The number of nitrogens with zero attached hydrogens (tertiary/aromatic N) is 3. The van der Waals surface area contributed by atoms with Crippen molar-refractivity contribution in [1.29, 1.82) is 0 Å². The van der Waals surface area contributed by atoms with E-state index in [0.717, 1.165) is 0 Å². The van der Waals surface area contributed by atoms with Crippen LogP contribution in [0.4, 0.5) is 5.69 Å². The second-order valence-corrected chi connectivity index (χ2v) is 5.99. The molecule has 1 N–H and O–H groups in total. The zero-order valence-electron chi connectivity index (χ0n) is 10.2. The van der Waals surface area contributed by atoms with Crippen molar-refractivity contribution in [2.75, 3.05) is 11.8 Å². The lowest BCUT2D eigenvalue weighted by Gasteiger charge is -2.08. The molecule has 0 saturated carbocycles. The van der Waals surface area contributed by atoms with E-state index in [1.54, 1.807) is 24.3 Å². The molecule has 0 atom stereocenters. The molecular formula is C10H11BrN4O3S. The minimum absolute atomic E-state index is 0.0386. The number of nitrogens with one attached hydrogen (secondary N) is 1. The zero-order chi connectivity index (χ0) is 14.0. The Labute approximate surface area is 118 Å². The molecule has 2 rings (SSSR count). The standard InChI is InChI=1S/C10H11BrN4O3S/c1-15-10(9(11)12-14-15)19(16,17)13-7-3-5-8(18-2)6-4-7/h3-6,13H,1-2H3. The molecule has 9 heteroatoms. The SMILES string of the molecule is COc1ccc(NS(=O)(=O)c2c(Br)nnn2C)cc1. The van der Waals surface area contributed by atoms with Crippen molar-refractivity contribution in [3.05, 3.63) is 28.9 Å². The molecule has 0 fully saturated rings. The molecule has 0 aliphatic heterocycles. The van der Waals surface area contributed by atoms with Crippen LogP contribution in [0, 0.1) is 0 Å². The van der Waals surface area contributed by atoms with E-state index in [1.165, 1.54) is 18.8 Å². The lowest BCUT2D eigenvalue weighted by molar-refractivity contribution is 0.415. The molecule has 0 radical (unpaired) electrons. The molecule has 2 aromatic rings. The number of rotatable bonds is 4. The van der Waals surface area contributed by atoms with E-state index in [-0.39, 0.29) is 9.63 Å². The van der Waals surface area contributed by atoms with Gasteiger partial charge in [0.1, 0.15) is 5.75 Å². The molecule has 1 aromatic heterocycles. The summed E-state index contributed by atoms with van der Waals surface area (Å²) in [7, 11) is -0.711. The number of methoxy groups -OCH3 is 1. The van der Waals surface area contributed by atoms with E-state index in [0.29, 0.717) is 11.4 Å². The number of sulfonamides is 1. The Morgan fingerprint density at radius 3 is 2.42 bits per heavy atom. The van der Waals surface area contributed by atoms with Crippen LogP contribution in [-0.4, -0.2) is 30.5 Å². The van der Waals surface area contributed by atoms with Gasteiger partial charge in [-0.1, -0.05) is 5.21 Å². The van der Waals surface area contributed by atoms with Crippen LogP contribution < -0.4 is 9.46 Å². The first-order valence-corrected chi connectivity index (χ1v) is 7.43. The molecule has 1 aromatic carbocycles. The third-order valence-electron chi connectivity index (χ3n) is 2.33. The zero-order valence-corrected chi connectivity index (χ0v) is 12.6. The van der Waals surface area contributed by atoms with Gasteiger partial charge in [-0.05, 0) is 40.2 Å². The summed E-state index contributed by atoms with van der Waals surface area (Å²) in [5, 5.41) is 7.24.